The van der Waals surface area contributed by atoms with Gasteiger partial charge in [0.1, 0.15) is 0 Å². The standard InChI is InChI=1S/C32H62O3/c1-3-5-7-9-11-13-15-17-19-21-23-25-27-29-31(33)35-32(34)30-28-26-24-22-20-18-16-14-12-10-8-6-4-2/h3-30H2,1-2H3/i29D2,30D2. The summed E-state index contributed by atoms with van der Waals surface area (Å²) in [6.45, 7) is 4.46. The third-order valence-electron chi connectivity index (χ3n) is 6.78. The molecular formula is C32H62O3. The number of ether oxygens (including phenoxy) is 1. The van der Waals surface area contributed by atoms with Crippen LogP contribution in [-0.2, 0) is 14.3 Å². The van der Waals surface area contributed by atoms with Crippen molar-refractivity contribution in [3.05, 3.63) is 0 Å². The van der Waals surface area contributed by atoms with E-state index in [9.17, 15) is 9.59 Å². The van der Waals surface area contributed by atoms with E-state index in [1.165, 1.54) is 103 Å². The molecular weight excluding hydrogens is 432 g/mol. The van der Waals surface area contributed by atoms with E-state index in [0.717, 1.165) is 38.5 Å². The number of esters is 2. The lowest BCUT2D eigenvalue weighted by Crippen LogP contribution is -2.11. The summed E-state index contributed by atoms with van der Waals surface area (Å²) in [5.41, 5.74) is 0. The van der Waals surface area contributed by atoms with Crippen LogP contribution in [0, 0.1) is 0 Å². The average molecular weight is 499 g/mol. The summed E-state index contributed by atoms with van der Waals surface area (Å²) in [7, 11) is 0. The maximum absolute atomic E-state index is 12.2. The minimum Gasteiger partial charge on any atom is -0.393 e. The van der Waals surface area contributed by atoms with Crippen molar-refractivity contribution in [1.82, 2.24) is 0 Å². The third-order valence-corrected chi connectivity index (χ3v) is 6.78. The Labute approximate surface area is 225 Å². The van der Waals surface area contributed by atoms with E-state index >= 15 is 0 Å². The highest BCUT2D eigenvalue weighted by atomic mass is 16.6. The summed E-state index contributed by atoms with van der Waals surface area (Å²) in [5.74, 6) is -2.51. The van der Waals surface area contributed by atoms with E-state index < -0.39 is 24.7 Å². The first-order valence-electron chi connectivity index (χ1n) is 17.4. The summed E-state index contributed by atoms with van der Waals surface area (Å²) < 4.78 is 36.6. The number of hydrogen-bond donors (Lipinski definition) is 0. The third kappa shape index (κ3) is 29.3. The van der Waals surface area contributed by atoms with Gasteiger partial charge in [0.25, 0.3) is 0 Å². The molecule has 0 unspecified atom stereocenters. The lowest BCUT2D eigenvalue weighted by molar-refractivity contribution is -0.159. The van der Waals surface area contributed by atoms with Gasteiger partial charge >= 0.3 is 11.9 Å². The predicted molar refractivity (Wildman–Crippen MR) is 152 cm³/mol. The highest BCUT2D eigenvalue weighted by Crippen LogP contribution is 2.15. The Kier molecular flexibility index (Phi) is 22.8. The van der Waals surface area contributed by atoms with Gasteiger partial charge in [-0.3, -0.25) is 9.59 Å². The highest BCUT2D eigenvalue weighted by Gasteiger charge is 2.09. The van der Waals surface area contributed by atoms with Crippen LogP contribution >= 0.6 is 0 Å². The summed E-state index contributed by atoms with van der Waals surface area (Å²) >= 11 is 0. The molecule has 0 aliphatic rings. The van der Waals surface area contributed by atoms with Crippen LogP contribution in [-0.4, -0.2) is 11.9 Å². The molecule has 0 aromatic rings. The van der Waals surface area contributed by atoms with Crippen LogP contribution in [0.4, 0.5) is 0 Å². The largest absolute Gasteiger partial charge is 0.393 e. The van der Waals surface area contributed by atoms with Gasteiger partial charge in [0.05, 0.1) is 0 Å². The maximum atomic E-state index is 12.2. The molecule has 3 nitrogen and oxygen atoms in total. The van der Waals surface area contributed by atoms with Crippen LogP contribution in [0.1, 0.15) is 199 Å². The normalized spacial score (nSPS) is 13.7. The van der Waals surface area contributed by atoms with Gasteiger partial charge in [0, 0.05) is 18.2 Å². The number of carbonyl (C=O) groups excluding carboxylic acids is 2. The van der Waals surface area contributed by atoms with Gasteiger partial charge in [-0.2, -0.15) is 0 Å². The smallest absolute Gasteiger partial charge is 0.313 e. The number of unbranched alkanes of at least 4 members (excludes halogenated alkanes) is 22. The van der Waals surface area contributed by atoms with E-state index in [0.29, 0.717) is 12.8 Å². The summed E-state index contributed by atoms with van der Waals surface area (Å²) in [6.07, 6.45) is 23.3. The first-order valence-corrected chi connectivity index (χ1v) is 15.4. The van der Waals surface area contributed by atoms with Gasteiger partial charge in [0.15, 0.2) is 0 Å². The molecule has 0 fully saturated rings. The topological polar surface area (TPSA) is 43.4 Å². The van der Waals surface area contributed by atoms with E-state index in [1.54, 1.807) is 0 Å². The molecule has 35 heavy (non-hydrogen) atoms. The van der Waals surface area contributed by atoms with Crippen LogP contribution < -0.4 is 0 Å². The van der Waals surface area contributed by atoms with Crippen molar-refractivity contribution < 1.29 is 19.8 Å². The molecule has 0 bridgehead atoms. The molecule has 0 aromatic carbocycles. The van der Waals surface area contributed by atoms with E-state index in [2.05, 4.69) is 18.6 Å². The number of carbonyl (C=O) groups is 2. The monoisotopic (exact) mass is 498 g/mol. The van der Waals surface area contributed by atoms with Crippen molar-refractivity contribution in [1.29, 1.82) is 0 Å². The number of hydrogen-bond acceptors (Lipinski definition) is 3. The molecule has 208 valence electrons. The molecule has 0 saturated heterocycles. The Hall–Kier alpha value is -0.860. The molecule has 0 aliphatic heterocycles. The van der Waals surface area contributed by atoms with Gasteiger partial charge in [0.2, 0.25) is 0 Å². The van der Waals surface area contributed by atoms with Crippen molar-refractivity contribution in [2.75, 3.05) is 0 Å². The molecule has 0 amide bonds. The van der Waals surface area contributed by atoms with Crippen molar-refractivity contribution >= 4 is 11.9 Å². The second-order valence-corrected chi connectivity index (χ2v) is 10.3. The zero-order valence-electron chi connectivity index (χ0n) is 27.6. The maximum Gasteiger partial charge on any atom is 0.313 e. The van der Waals surface area contributed by atoms with Crippen LogP contribution in [0.25, 0.3) is 0 Å². The van der Waals surface area contributed by atoms with Crippen molar-refractivity contribution in [2.24, 2.45) is 0 Å². The first-order chi connectivity index (χ1) is 18.7. The van der Waals surface area contributed by atoms with Crippen molar-refractivity contribution in [3.63, 3.8) is 0 Å². The summed E-state index contributed by atoms with van der Waals surface area (Å²) in [4.78, 5) is 24.5. The van der Waals surface area contributed by atoms with E-state index in [1.807, 2.05) is 0 Å². The second-order valence-electron chi connectivity index (χ2n) is 10.3. The van der Waals surface area contributed by atoms with Gasteiger partial charge in [-0.15, -0.1) is 0 Å². The van der Waals surface area contributed by atoms with Gasteiger partial charge in [-0.25, -0.2) is 0 Å². The van der Waals surface area contributed by atoms with Gasteiger partial charge in [-0.05, 0) is 12.8 Å². The van der Waals surface area contributed by atoms with E-state index in [-0.39, 0.29) is 12.8 Å². The van der Waals surface area contributed by atoms with Crippen LogP contribution in [0.2, 0.25) is 0 Å². The molecule has 0 N–H and O–H groups in total. The van der Waals surface area contributed by atoms with E-state index in [4.69, 9.17) is 5.48 Å². The lowest BCUT2D eigenvalue weighted by Gasteiger charge is -2.05. The molecule has 3 heteroatoms. The van der Waals surface area contributed by atoms with Crippen LogP contribution in [0.3, 0.4) is 0 Å². The zero-order chi connectivity index (χ0) is 29.2. The van der Waals surface area contributed by atoms with Crippen molar-refractivity contribution in [2.45, 2.75) is 194 Å². The quantitative estimate of drug-likeness (QED) is 0.0612. The Bertz CT molecular complexity index is 546. The fourth-order valence-electron chi connectivity index (χ4n) is 4.47. The Morgan fingerprint density at radius 3 is 0.829 bits per heavy atom. The highest BCUT2D eigenvalue weighted by molar-refractivity contribution is 5.85. The SMILES string of the molecule is [2H]C([2H])(CCCCCCCCCCCCCC)C(=O)OC(=O)C([2H])([2H])CCCCCCCCCCCCCC. The molecule has 0 atom stereocenters. The molecule has 0 radical (unpaired) electrons. The van der Waals surface area contributed by atoms with Gasteiger partial charge in [-0.1, -0.05) is 168 Å². The number of rotatable bonds is 28. The predicted octanol–water partition coefficient (Wildman–Crippen LogP) is 11.0. The molecule has 0 saturated carbocycles. The summed E-state index contributed by atoms with van der Waals surface area (Å²) in [6, 6.07) is 0. The average Bonchev–Trinajstić information content (AvgIpc) is 2.89. The minimum atomic E-state index is -2.26. The van der Waals surface area contributed by atoms with Crippen LogP contribution in [0.15, 0.2) is 0 Å². The molecule has 0 aromatic heterocycles. The fraction of sp³-hybridized carbons (Fsp3) is 0.938. The first kappa shape index (κ1) is 27.2. The fourth-order valence-corrected chi connectivity index (χ4v) is 4.47. The molecule has 0 spiro atoms. The minimum absolute atomic E-state index is 0.00170. The van der Waals surface area contributed by atoms with Crippen molar-refractivity contribution in [3.8, 4) is 0 Å². The lowest BCUT2D eigenvalue weighted by atomic mass is 10.0. The molecule has 0 heterocycles. The second kappa shape index (κ2) is 29.4. The van der Waals surface area contributed by atoms with Gasteiger partial charge < -0.3 is 4.74 Å². The summed E-state index contributed by atoms with van der Waals surface area (Å²) in [5, 5.41) is 0. The Morgan fingerprint density at radius 2 is 0.600 bits per heavy atom. The Balaban J connectivity index is 3.88. The van der Waals surface area contributed by atoms with Crippen LogP contribution in [0.5, 0.6) is 0 Å². The Morgan fingerprint density at radius 1 is 0.400 bits per heavy atom. The molecule has 0 rings (SSSR count). The zero-order valence-corrected chi connectivity index (χ0v) is 23.6. The molecule has 0 aliphatic carbocycles.